The molecule has 1 N–H and O–H groups in total. The second kappa shape index (κ2) is 5.00. The molecule has 1 aliphatic heterocycles. The molecule has 2 aliphatic rings. The first-order valence-electron chi connectivity index (χ1n) is 6.64. The van der Waals surface area contributed by atoms with Gasteiger partial charge in [-0.15, -0.1) is 0 Å². The van der Waals surface area contributed by atoms with Gasteiger partial charge in [-0.05, 0) is 38.0 Å². The predicted octanol–water partition coefficient (Wildman–Crippen LogP) is 3.28. The highest BCUT2D eigenvalue weighted by Crippen LogP contribution is 2.32. The second-order valence-corrected chi connectivity index (χ2v) is 5.23. The van der Waals surface area contributed by atoms with E-state index in [0.29, 0.717) is 5.92 Å². The van der Waals surface area contributed by atoms with Gasteiger partial charge in [0.25, 0.3) is 0 Å². The molecule has 0 aromatic heterocycles. The van der Waals surface area contributed by atoms with E-state index in [2.05, 4.69) is 11.8 Å². The first-order chi connectivity index (χ1) is 7.31. The summed E-state index contributed by atoms with van der Waals surface area (Å²) < 4.78 is 0. The number of hydrogen-bond donors (Lipinski definition) is 1. The average molecular weight is 208 g/mol. The van der Waals surface area contributed by atoms with Crippen LogP contribution in [0.4, 0.5) is 0 Å². The Balaban J connectivity index is 1.80. The summed E-state index contributed by atoms with van der Waals surface area (Å²) in [6.45, 7) is 4.59. The molecule has 2 nitrogen and oxygen atoms in total. The molecule has 1 heterocycles. The lowest BCUT2D eigenvalue weighted by Crippen LogP contribution is -2.32. The van der Waals surface area contributed by atoms with Crippen molar-refractivity contribution in [3.05, 3.63) is 0 Å². The van der Waals surface area contributed by atoms with Gasteiger partial charge >= 0.3 is 0 Å². The summed E-state index contributed by atoms with van der Waals surface area (Å²) in [5.41, 5.74) is 0. The zero-order valence-corrected chi connectivity index (χ0v) is 9.97. The molecule has 1 aliphatic carbocycles. The molecule has 2 rings (SSSR count). The monoisotopic (exact) mass is 208 g/mol. The molecule has 1 atom stereocenters. The number of nitrogens with one attached hydrogen (secondary N) is 1. The standard InChI is InChI=1S/C13H24N2/c1-2-4-11-5-3-9-15(10-8-11)13(14)12-6-7-12/h11-12,14H,2-10H2,1H3. The lowest BCUT2D eigenvalue weighted by atomic mass is 9.96. The van der Waals surface area contributed by atoms with Crippen LogP contribution >= 0.6 is 0 Å². The van der Waals surface area contributed by atoms with E-state index >= 15 is 0 Å². The van der Waals surface area contributed by atoms with E-state index in [4.69, 9.17) is 5.41 Å². The smallest absolute Gasteiger partial charge is 0.0989 e. The highest BCUT2D eigenvalue weighted by atomic mass is 15.2. The van der Waals surface area contributed by atoms with E-state index in [9.17, 15) is 0 Å². The quantitative estimate of drug-likeness (QED) is 0.559. The summed E-state index contributed by atoms with van der Waals surface area (Å²) in [6, 6.07) is 0. The van der Waals surface area contributed by atoms with Gasteiger partial charge in [0.2, 0.25) is 0 Å². The van der Waals surface area contributed by atoms with E-state index in [0.717, 1.165) is 24.8 Å². The minimum Gasteiger partial charge on any atom is -0.360 e. The SMILES string of the molecule is CCCC1CCCN(C(=N)C2CC2)CC1. The zero-order chi connectivity index (χ0) is 10.7. The fourth-order valence-electron chi connectivity index (χ4n) is 2.72. The normalized spacial score (nSPS) is 27.5. The Hall–Kier alpha value is -0.530. The Kier molecular flexibility index (Phi) is 3.66. The fourth-order valence-corrected chi connectivity index (χ4v) is 2.72. The summed E-state index contributed by atoms with van der Waals surface area (Å²) in [6.07, 6.45) is 9.28. The summed E-state index contributed by atoms with van der Waals surface area (Å²) >= 11 is 0. The Morgan fingerprint density at radius 1 is 1.20 bits per heavy atom. The van der Waals surface area contributed by atoms with Crippen LogP contribution in [0.25, 0.3) is 0 Å². The summed E-state index contributed by atoms with van der Waals surface area (Å²) in [5.74, 6) is 2.52. The maximum absolute atomic E-state index is 8.09. The first-order valence-corrected chi connectivity index (χ1v) is 6.64. The van der Waals surface area contributed by atoms with Gasteiger partial charge in [0.15, 0.2) is 0 Å². The van der Waals surface area contributed by atoms with Crippen LogP contribution in [0.3, 0.4) is 0 Å². The highest BCUT2D eigenvalue weighted by molar-refractivity contribution is 5.83. The van der Waals surface area contributed by atoms with Crippen molar-refractivity contribution >= 4 is 5.84 Å². The van der Waals surface area contributed by atoms with Gasteiger partial charge in [0.1, 0.15) is 0 Å². The van der Waals surface area contributed by atoms with E-state index in [-0.39, 0.29) is 0 Å². The van der Waals surface area contributed by atoms with Crippen LogP contribution in [0.5, 0.6) is 0 Å². The molecule has 86 valence electrons. The topological polar surface area (TPSA) is 27.1 Å². The number of hydrogen-bond acceptors (Lipinski definition) is 1. The van der Waals surface area contributed by atoms with Crippen molar-refractivity contribution in [3.8, 4) is 0 Å². The van der Waals surface area contributed by atoms with Crippen LogP contribution in [-0.4, -0.2) is 23.8 Å². The van der Waals surface area contributed by atoms with Gasteiger partial charge in [-0.25, -0.2) is 0 Å². The Labute approximate surface area is 93.6 Å². The number of amidine groups is 1. The largest absolute Gasteiger partial charge is 0.360 e. The van der Waals surface area contributed by atoms with Crippen molar-refractivity contribution in [2.24, 2.45) is 11.8 Å². The lowest BCUT2D eigenvalue weighted by Gasteiger charge is -2.23. The van der Waals surface area contributed by atoms with Gasteiger partial charge in [-0.2, -0.15) is 0 Å². The van der Waals surface area contributed by atoms with Gasteiger partial charge in [-0.3, -0.25) is 5.41 Å². The summed E-state index contributed by atoms with van der Waals surface area (Å²) in [4.78, 5) is 2.35. The fraction of sp³-hybridized carbons (Fsp3) is 0.923. The third-order valence-corrected chi connectivity index (χ3v) is 3.85. The van der Waals surface area contributed by atoms with Crippen molar-refractivity contribution in [3.63, 3.8) is 0 Å². The third-order valence-electron chi connectivity index (χ3n) is 3.85. The van der Waals surface area contributed by atoms with Crippen LogP contribution in [0, 0.1) is 17.2 Å². The number of nitrogens with zero attached hydrogens (tertiary/aromatic N) is 1. The van der Waals surface area contributed by atoms with Crippen LogP contribution in [0.2, 0.25) is 0 Å². The molecule has 1 saturated carbocycles. The Bertz CT molecular complexity index is 221. The molecule has 0 aromatic rings. The van der Waals surface area contributed by atoms with Crippen LogP contribution < -0.4 is 0 Å². The van der Waals surface area contributed by atoms with Gasteiger partial charge in [0.05, 0.1) is 5.84 Å². The molecular formula is C13H24N2. The molecule has 0 spiro atoms. The van der Waals surface area contributed by atoms with Gasteiger partial charge < -0.3 is 4.90 Å². The van der Waals surface area contributed by atoms with E-state index < -0.39 is 0 Å². The molecule has 0 aromatic carbocycles. The molecule has 2 fully saturated rings. The summed E-state index contributed by atoms with van der Waals surface area (Å²) in [7, 11) is 0. The maximum atomic E-state index is 8.09. The van der Waals surface area contributed by atoms with Crippen LogP contribution in [0.1, 0.15) is 51.9 Å². The number of rotatable bonds is 3. The molecule has 1 unspecified atom stereocenters. The van der Waals surface area contributed by atoms with Crippen LogP contribution in [0.15, 0.2) is 0 Å². The van der Waals surface area contributed by atoms with Gasteiger partial charge in [-0.1, -0.05) is 19.8 Å². The van der Waals surface area contributed by atoms with Crippen molar-refractivity contribution in [2.75, 3.05) is 13.1 Å². The molecule has 0 radical (unpaired) electrons. The lowest BCUT2D eigenvalue weighted by molar-refractivity contribution is 0.394. The average Bonchev–Trinajstić information content (AvgIpc) is 3.05. The third kappa shape index (κ3) is 2.96. The maximum Gasteiger partial charge on any atom is 0.0989 e. The van der Waals surface area contributed by atoms with Crippen molar-refractivity contribution in [1.29, 1.82) is 5.41 Å². The van der Waals surface area contributed by atoms with Crippen LogP contribution in [-0.2, 0) is 0 Å². The Morgan fingerprint density at radius 2 is 2.00 bits per heavy atom. The summed E-state index contributed by atoms with van der Waals surface area (Å²) in [5, 5.41) is 8.09. The minimum absolute atomic E-state index is 0.632. The Morgan fingerprint density at radius 3 is 2.67 bits per heavy atom. The van der Waals surface area contributed by atoms with E-state index in [1.165, 1.54) is 44.9 Å². The molecular weight excluding hydrogens is 184 g/mol. The zero-order valence-electron chi connectivity index (χ0n) is 9.97. The predicted molar refractivity (Wildman–Crippen MR) is 64.3 cm³/mol. The molecule has 0 amide bonds. The molecule has 1 saturated heterocycles. The van der Waals surface area contributed by atoms with Gasteiger partial charge in [0, 0.05) is 19.0 Å². The number of likely N-dealkylation sites (tertiary alicyclic amines) is 1. The second-order valence-electron chi connectivity index (χ2n) is 5.23. The minimum atomic E-state index is 0.632. The van der Waals surface area contributed by atoms with Crippen molar-refractivity contribution in [2.45, 2.75) is 51.9 Å². The molecule has 0 bridgehead atoms. The molecule has 15 heavy (non-hydrogen) atoms. The van der Waals surface area contributed by atoms with E-state index in [1.54, 1.807) is 0 Å². The molecule has 2 heteroatoms. The van der Waals surface area contributed by atoms with Crippen molar-refractivity contribution < 1.29 is 0 Å². The first kappa shape index (κ1) is 11.0. The van der Waals surface area contributed by atoms with E-state index in [1.807, 2.05) is 0 Å². The van der Waals surface area contributed by atoms with Crippen molar-refractivity contribution in [1.82, 2.24) is 4.90 Å². The highest BCUT2D eigenvalue weighted by Gasteiger charge is 2.30.